The Labute approximate surface area is 122 Å². The summed E-state index contributed by atoms with van der Waals surface area (Å²) in [7, 11) is 0. The van der Waals surface area contributed by atoms with Crippen LogP contribution in [0.1, 0.15) is 28.8 Å². The lowest BCUT2D eigenvalue weighted by Gasteiger charge is -2.30. The van der Waals surface area contributed by atoms with Crippen LogP contribution in [-0.4, -0.2) is 29.9 Å². The number of likely N-dealkylation sites (tertiary alicyclic amines) is 1. The van der Waals surface area contributed by atoms with Gasteiger partial charge in [0.15, 0.2) is 0 Å². The molecule has 0 radical (unpaired) electrons. The number of carbonyl (C=O) groups is 1. The van der Waals surface area contributed by atoms with Crippen LogP contribution in [0.25, 0.3) is 0 Å². The molecule has 1 saturated heterocycles. The maximum Gasteiger partial charge on any atom is 0.254 e. The van der Waals surface area contributed by atoms with Gasteiger partial charge in [0.1, 0.15) is 0 Å². The molecule has 0 unspecified atom stereocenters. The van der Waals surface area contributed by atoms with Gasteiger partial charge in [0, 0.05) is 29.2 Å². The highest BCUT2D eigenvalue weighted by Gasteiger charge is 2.22. The molecular formula is C13H18BrClN2O. The summed E-state index contributed by atoms with van der Waals surface area (Å²) in [6.07, 6.45) is 1.81. The van der Waals surface area contributed by atoms with Crippen molar-refractivity contribution in [3.8, 4) is 0 Å². The predicted octanol–water partition coefficient (Wildman–Crippen LogP) is 2.74. The summed E-state index contributed by atoms with van der Waals surface area (Å²) < 4.78 is 1.01. The third-order valence-corrected chi connectivity index (χ3v) is 3.74. The lowest BCUT2D eigenvalue weighted by atomic mass is 10.0. The third-order valence-electron chi connectivity index (χ3n) is 3.25. The van der Waals surface area contributed by atoms with Crippen molar-refractivity contribution in [2.75, 3.05) is 13.1 Å². The van der Waals surface area contributed by atoms with Crippen molar-refractivity contribution in [3.05, 3.63) is 33.8 Å². The zero-order valence-corrected chi connectivity index (χ0v) is 12.8. The Hall–Kier alpha value is -0.580. The molecule has 1 amide bonds. The number of hydrogen-bond donors (Lipinski definition) is 1. The first-order valence-electron chi connectivity index (χ1n) is 5.89. The van der Waals surface area contributed by atoms with E-state index in [0.29, 0.717) is 0 Å². The van der Waals surface area contributed by atoms with E-state index in [1.165, 1.54) is 0 Å². The van der Waals surface area contributed by atoms with E-state index in [2.05, 4.69) is 15.9 Å². The maximum absolute atomic E-state index is 12.3. The standard InChI is InChI=1S/C13H17BrN2O.ClH/c1-9-8-10(14)2-3-12(9)13(17)16-6-4-11(15)5-7-16;/h2-3,8,11H,4-7,15H2,1H3;1H. The summed E-state index contributed by atoms with van der Waals surface area (Å²) in [4.78, 5) is 14.2. The van der Waals surface area contributed by atoms with Crippen molar-refractivity contribution in [1.29, 1.82) is 0 Å². The Bertz CT molecular complexity index is 431. The topological polar surface area (TPSA) is 46.3 Å². The summed E-state index contributed by atoms with van der Waals surface area (Å²) in [5.74, 6) is 0.127. The Morgan fingerprint density at radius 3 is 2.56 bits per heavy atom. The highest BCUT2D eigenvalue weighted by atomic mass is 79.9. The molecule has 1 aliphatic heterocycles. The van der Waals surface area contributed by atoms with Crippen LogP contribution in [0.4, 0.5) is 0 Å². The molecule has 0 spiro atoms. The van der Waals surface area contributed by atoms with Gasteiger partial charge >= 0.3 is 0 Å². The average molecular weight is 334 g/mol. The molecule has 0 atom stereocenters. The zero-order chi connectivity index (χ0) is 12.4. The number of carbonyl (C=O) groups excluding carboxylic acids is 1. The summed E-state index contributed by atoms with van der Waals surface area (Å²) in [5.41, 5.74) is 7.65. The Balaban J connectivity index is 0.00000162. The van der Waals surface area contributed by atoms with E-state index in [-0.39, 0.29) is 24.4 Å². The molecule has 0 aromatic heterocycles. The number of aryl methyl sites for hydroxylation is 1. The monoisotopic (exact) mass is 332 g/mol. The van der Waals surface area contributed by atoms with Crippen molar-refractivity contribution in [2.24, 2.45) is 5.73 Å². The normalized spacial score (nSPS) is 16.3. The second kappa shape index (κ2) is 6.55. The summed E-state index contributed by atoms with van der Waals surface area (Å²) >= 11 is 3.41. The fraction of sp³-hybridized carbons (Fsp3) is 0.462. The quantitative estimate of drug-likeness (QED) is 0.859. The number of benzene rings is 1. The zero-order valence-electron chi connectivity index (χ0n) is 10.4. The van der Waals surface area contributed by atoms with Crippen molar-refractivity contribution in [2.45, 2.75) is 25.8 Å². The summed E-state index contributed by atoms with van der Waals surface area (Å²) in [6, 6.07) is 6.03. The van der Waals surface area contributed by atoms with Gasteiger partial charge in [-0.25, -0.2) is 0 Å². The van der Waals surface area contributed by atoms with Crippen molar-refractivity contribution >= 4 is 34.2 Å². The lowest BCUT2D eigenvalue weighted by molar-refractivity contribution is 0.0714. The van der Waals surface area contributed by atoms with Crippen molar-refractivity contribution < 1.29 is 4.79 Å². The van der Waals surface area contributed by atoms with Crippen LogP contribution >= 0.6 is 28.3 Å². The number of halogens is 2. The highest BCUT2D eigenvalue weighted by Crippen LogP contribution is 2.19. The molecule has 3 nitrogen and oxygen atoms in total. The van der Waals surface area contributed by atoms with Gasteiger partial charge in [0.05, 0.1) is 0 Å². The number of piperidine rings is 1. The molecule has 0 saturated carbocycles. The minimum atomic E-state index is 0. The van der Waals surface area contributed by atoms with Gasteiger partial charge in [-0.1, -0.05) is 15.9 Å². The van der Waals surface area contributed by atoms with Gasteiger partial charge in [-0.3, -0.25) is 4.79 Å². The molecule has 5 heteroatoms. The van der Waals surface area contributed by atoms with Crippen LogP contribution in [0, 0.1) is 6.92 Å². The molecule has 2 N–H and O–H groups in total. The molecule has 1 aromatic rings. The van der Waals surface area contributed by atoms with Gasteiger partial charge in [-0.2, -0.15) is 0 Å². The van der Waals surface area contributed by atoms with E-state index < -0.39 is 0 Å². The van der Waals surface area contributed by atoms with Crippen LogP contribution in [-0.2, 0) is 0 Å². The Morgan fingerprint density at radius 1 is 1.39 bits per heavy atom. The van der Waals surface area contributed by atoms with Crippen LogP contribution < -0.4 is 5.73 Å². The first-order chi connectivity index (χ1) is 8.08. The average Bonchev–Trinajstić information content (AvgIpc) is 2.29. The van der Waals surface area contributed by atoms with Crippen LogP contribution in [0.3, 0.4) is 0 Å². The number of nitrogens with two attached hydrogens (primary N) is 1. The number of nitrogens with zero attached hydrogens (tertiary/aromatic N) is 1. The van der Waals surface area contributed by atoms with E-state index in [1.54, 1.807) is 0 Å². The second-order valence-electron chi connectivity index (χ2n) is 4.59. The van der Waals surface area contributed by atoms with Crippen LogP contribution in [0.5, 0.6) is 0 Å². The van der Waals surface area contributed by atoms with Crippen molar-refractivity contribution in [3.63, 3.8) is 0 Å². The first-order valence-corrected chi connectivity index (χ1v) is 6.68. The smallest absolute Gasteiger partial charge is 0.254 e. The van der Waals surface area contributed by atoms with Gasteiger partial charge in [0.2, 0.25) is 0 Å². The van der Waals surface area contributed by atoms with E-state index in [9.17, 15) is 4.79 Å². The van der Waals surface area contributed by atoms with Gasteiger partial charge in [-0.05, 0) is 43.5 Å². The highest BCUT2D eigenvalue weighted by molar-refractivity contribution is 9.10. The third kappa shape index (κ3) is 3.46. The molecule has 1 aromatic carbocycles. The molecule has 2 rings (SSSR count). The fourth-order valence-corrected chi connectivity index (χ4v) is 2.62. The van der Waals surface area contributed by atoms with Crippen molar-refractivity contribution in [1.82, 2.24) is 4.90 Å². The van der Waals surface area contributed by atoms with Gasteiger partial charge in [0.25, 0.3) is 5.91 Å². The minimum absolute atomic E-state index is 0. The van der Waals surface area contributed by atoms with Crippen LogP contribution in [0.15, 0.2) is 22.7 Å². The first kappa shape index (κ1) is 15.5. The van der Waals surface area contributed by atoms with E-state index in [1.807, 2.05) is 30.0 Å². The van der Waals surface area contributed by atoms with Gasteiger partial charge < -0.3 is 10.6 Å². The largest absolute Gasteiger partial charge is 0.339 e. The molecule has 1 fully saturated rings. The number of rotatable bonds is 1. The van der Waals surface area contributed by atoms with E-state index >= 15 is 0 Å². The van der Waals surface area contributed by atoms with E-state index in [4.69, 9.17) is 5.73 Å². The molecule has 0 aliphatic carbocycles. The molecule has 1 heterocycles. The SMILES string of the molecule is Cc1cc(Br)ccc1C(=O)N1CCC(N)CC1.Cl. The number of amides is 1. The predicted molar refractivity (Wildman–Crippen MR) is 79.2 cm³/mol. The molecule has 0 bridgehead atoms. The van der Waals surface area contributed by atoms with Crippen LogP contribution in [0.2, 0.25) is 0 Å². The van der Waals surface area contributed by atoms with E-state index in [0.717, 1.165) is 41.5 Å². The molecule has 1 aliphatic rings. The summed E-state index contributed by atoms with van der Waals surface area (Å²) in [5, 5.41) is 0. The molecule has 100 valence electrons. The fourth-order valence-electron chi connectivity index (χ4n) is 2.14. The van der Waals surface area contributed by atoms with Gasteiger partial charge in [-0.15, -0.1) is 12.4 Å². The second-order valence-corrected chi connectivity index (χ2v) is 5.50. The summed E-state index contributed by atoms with van der Waals surface area (Å²) in [6.45, 7) is 3.51. The Kier molecular flexibility index (Phi) is 5.63. The molecular weight excluding hydrogens is 316 g/mol. The molecule has 18 heavy (non-hydrogen) atoms. The minimum Gasteiger partial charge on any atom is -0.339 e. The Morgan fingerprint density at radius 2 is 2.00 bits per heavy atom. The lowest BCUT2D eigenvalue weighted by Crippen LogP contribution is -2.43. The number of hydrogen-bond acceptors (Lipinski definition) is 2. The maximum atomic E-state index is 12.3.